The first-order valence-corrected chi connectivity index (χ1v) is 6.95. The third-order valence-electron chi connectivity index (χ3n) is 2.81. The van der Waals surface area contributed by atoms with Crippen LogP contribution in [0.4, 0.5) is 10.1 Å². The summed E-state index contributed by atoms with van der Waals surface area (Å²) in [4.78, 5) is 11.6. The predicted octanol–water partition coefficient (Wildman–Crippen LogP) is 4.13. The summed E-state index contributed by atoms with van der Waals surface area (Å²) in [5.74, 6) is -0.389. The molecule has 1 N–H and O–H groups in total. The molecule has 0 aliphatic carbocycles. The summed E-state index contributed by atoms with van der Waals surface area (Å²) in [5.41, 5.74) is 3.49. The summed E-state index contributed by atoms with van der Waals surface area (Å²) in [6.45, 7) is 1.93. The maximum atomic E-state index is 13.0. The number of rotatable bonds is 3. The number of amides is 1. The summed E-state index contributed by atoms with van der Waals surface area (Å²) < 4.78 is 13.0. The molecule has 4 heteroatoms. The zero-order chi connectivity index (χ0) is 13.8. The van der Waals surface area contributed by atoms with E-state index >= 15 is 0 Å². The van der Waals surface area contributed by atoms with E-state index in [2.05, 4.69) is 21.2 Å². The number of halogens is 2. The highest BCUT2D eigenvalue weighted by Gasteiger charge is 2.10. The lowest BCUT2D eigenvalue weighted by Gasteiger charge is -2.13. The number of aryl methyl sites for hydroxylation is 1. The molecule has 0 aliphatic heterocycles. The molecule has 0 aromatic heterocycles. The molecule has 0 bridgehead atoms. The normalized spacial score (nSPS) is 10.3. The van der Waals surface area contributed by atoms with Gasteiger partial charge in [-0.15, -0.1) is 0 Å². The van der Waals surface area contributed by atoms with E-state index in [4.69, 9.17) is 0 Å². The van der Waals surface area contributed by atoms with E-state index in [-0.39, 0.29) is 17.1 Å². The monoisotopic (exact) mass is 321 g/mol. The SMILES string of the molecule is Cc1cccc(-c2ccc(F)cc2)c1NC(=O)CBr. The van der Waals surface area contributed by atoms with Gasteiger partial charge < -0.3 is 5.32 Å². The van der Waals surface area contributed by atoms with Crippen LogP contribution in [-0.4, -0.2) is 11.2 Å². The van der Waals surface area contributed by atoms with Gasteiger partial charge in [-0.25, -0.2) is 4.39 Å². The molecule has 0 unspecified atom stereocenters. The summed E-state index contributed by atoms with van der Waals surface area (Å²) in [5, 5.41) is 3.10. The minimum absolute atomic E-state index is 0.113. The van der Waals surface area contributed by atoms with Gasteiger partial charge in [0, 0.05) is 5.56 Å². The predicted molar refractivity (Wildman–Crippen MR) is 79.0 cm³/mol. The van der Waals surface area contributed by atoms with Crippen LogP contribution in [0.3, 0.4) is 0 Å². The Hall–Kier alpha value is -1.68. The second-order valence-electron chi connectivity index (χ2n) is 4.19. The molecule has 0 heterocycles. The number of para-hydroxylation sites is 1. The Kier molecular flexibility index (Phi) is 4.32. The highest BCUT2D eigenvalue weighted by atomic mass is 79.9. The van der Waals surface area contributed by atoms with Crippen molar-refractivity contribution in [3.8, 4) is 11.1 Å². The third kappa shape index (κ3) is 3.20. The first-order valence-electron chi connectivity index (χ1n) is 5.83. The van der Waals surface area contributed by atoms with Crippen molar-refractivity contribution in [1.29, 1.82) is 0 Å². The Balaban J connectivity index is 2.47. The van der Waals surface area contributed by atoms with E-state index in [9.17, 15) is 9.18 Å². The number of hydrogen-bond acceptors (Lipinski definition) is 1. The molecule has 0 atom stereocenters. The van der Waals surface area contributed by atoms with Crippen molar-refractivity contribution in [3.63, 3.8) is 0 Å². The van der Waals surface area contributed by atoms with Crippen LogP contribution in [0.25, 0.3) is 11.1 Å². The molecule has 2 aromatic carbocycles. The van der Waals surface area contributed by atoms with Crippen LogP contribution in [0.15, 0.2) is 42.5 Å². The van der Waals surface area contributed by atoms with E-state index < -0.39 is 0 Å². The molecule has 2 nitrogen and oxygen atoms in total. The highest BCUT2D eigenvalue weighted by molar-refractivity contribution is 9.09. The van der Waals surface area contributed by atoms with Crippen molar-refractivity contribution in [2.75, 3.05) is 10.6 Å². The Bertz CT molecular complexity index is 596. The van der Waals surface area contributed by atoms with Gasteiger partial charge in [-0.3, -0.25) is 4.79 Å². The van der Waals surface area contributed by atoms with E-state index in [0.717, 1.165) is 22.4 Å². The summed E-state index contributed by atoms with van der Waals surface area (Å²) in [7, 11) is 0. The Morgan fingerprint density at radius 3 is 2.53 bits per heavy atom. The number of benzene rings is 2. The van der Waals surface area contributed by atoms with Crippen LogP contribution < -0.4 is 5.32 Å². The molecule has 19 heavy (non-hydrogen) atoms. The van der Waals surface area contributed by atoms with Crippen LogP contribution in [0.1, 0.15) is 5.56 Å². The Labute approximate surface area is 119 Å². The van der Waals surface area contributed by atoms with E-state index in [1.54, 1.807) is 12.1 Å². The molecule has 0 fully saturated rings. The van der Waals surface area contributed by atoms with Gasteiger partial charge in [0.15, 0.2) is 0 Å². The van der Waals surface area contributed by atoms with E-state index in [0.29, 0.717) is 0 Å². The lowest BCUT2D eigenvalue weighted by atomic mass is 10.0. The Morgan fingerprint density at radius 1 is 1.21 bits per heavy atom. The molecule has 0 saturated carbocycles. The van der Waals surface area contributed by atoms with Gasteiger partial charge in [-0.1, -0.05) is 46.3 Å². The molecule has 98 valence electrons. The molecular weight excluding hydrogens is 309 g/mol. The highest BCUT2D eigenvalue weighted by Crippen LogP contribution is 2.30. The standard InChI is InChI=1S/C15H13BrFNO/c1-10-3-2-4-13(15(10)18-14(19)9-16)11-5-7-12(17)8-6-11/h2-8H,9H2,1H3,(H,18,19). The average Bonchev–Trinajstić information content (AvgIpc) is 2.42. The fourth-order valence-corrected chi connectivity index (χ4v) is 2.02. The zero-order valence-electron chi connectivity index (χ0n) is 10.4. The first kappa shape index (κ1) is 13.7. The van der Waals surface area contributed by atoms with Gasteiger partial charge in [0.05, 0.1) is 11.0 Å². The zero-order valence-corrected chi connectivity index (χ0v) is 12.0. The molecule has 0 saturated heterocycles. The maximum absolute atomic E-state index is 13.0. The van der Waals surface area contributed by atoms with Crippen LogP contribution in [0.2, 0.25) is 0 Å². The minimum Gasteiger partial charge on any atom is -0.325 e. The Morgan fingerprint density at radius 2 is 1.89 bits per heavy atom. The lowest BCUT2D eigenvalue weighted by Crippen LogP contribution is -2.14. The number of anilines is 1. The van der Waals surface area contributed by atoms with E-state index in [1.165, 1.54) is 12.1 Å². The molecule has 2 rings (SSSR count). The van der Waals surface area contributed by atoms with Gasteiger partial charge >= 0.3 is 0 Å². The van der Waals surface area contributed by atoms with Crippen LogP contribution in [0, 0.1) is 12.7 Å². The number of carbonyl (C=O) groups excluding carboxylic acids is 1. The van der Waals surface area contributed by atoms with Gasteiger partial charge in [0.1, 0.15) is 5.82 Å². The second-order valence-corrected chi connectivity index (χ2v) is 4.75. The lowest BCUT2D eigenvalue weighted by molar-refractivity contribution is -0.113. The van der Waals surface area contributed by atoms with Crippen molar-refractivity contribution < 1.29 is 9.18 Å². The largest absolute Gasteiger partial charge is 0.325 e. The summed E-state index contributed by atoms with van der Waals surface area (Å²) in [6.07, 6.45) is 0. The quantitative estimate of drug-likeness (QED) is 0.846. The van der Waals surface area contributed by atoms with Gasteiger partial charge in [0.25, 0.3) is 0 Å². The van der Waals surface area contributed by atoms with Gasteiger partial charge in [0.2, 0.25) is 5.91 Å². The van der Waals surface area contributed by atoms with Crippen molar-refractivity contribution in [3.05, 3.63) is 53.8 Å². The maximum Gasteiger partial charge on any atom is 0.235 e. The second kappa shape index (κ2) is 5.97. The number of carbonyl (C=O) groups is 1. The molecule has 0 radical (unpaired) electrons. The summed E-state index contributed by atoms with van der Waals surface area (Å²) in [6, 6.07) is 12.0. The van der Waals surface area contributed by atoms with Crippen molar-refractivity contribution in [2.24, 2.45) is 0 Å². The van der Waals surface area contributed by atoms with Crippen LogP contribution >= 0.6 is 15.9 Å². The fourth-order valence-electron chi connectivity index (χ4n) is 1.88. The molecule has 0 spiro atoms. The van der Waals surface area contributed by atoms with Gasteiger partial charge in [-0.2, -0.15) is 0 Å². The topological polar surface area (TPSA) is 29.1 Å². The number of alkyl halides is 1. The number of nitrogens with one attached hydrogen (secondary N) is 1. The van der Waals surface area contributed by atoms with E-state index in [1.807, 2.05) is 25.1 Å². The number of hydrogen-bond donors (Lipinski definition) is 1. The van der Waals surface area contributed by atoms with Crippen LogP contribution in [-0.2, 0) is 4.79 Å². The van der Waals surface area contributed by atoms with Crippen LogP contribution in [0.5, 0.6) is 0 Å². The first-order chi connectivity index (χ1) is 9.11. The molecular formula is C15H13BrFNO. The third-order valence-corrected chi connectivity index (χ3v) is 3.32. The summed E-state index contributed by atoms with van der Waals surface area (Å²) >= 11 is 3.13. The van der Waals surface area contributed by atoms with Gasteiger partial charge in [-0.05, 0) is 30.2 Å². The average molecular weight is 322 g/mol. The van der Waals surface area contributed by atoms with Crippen molar-refractivity contribution >= 4 is 27.5 Å². The van der Waals surface area contributed by atoms with Crippen molar-refractivity contribution in [2.45, 2.75) is 6.92 Å². The molecule has 0 aliphatic rings. The van der Waals surface area contributed by atoms with Crippen molar-refractivity contribution in [1.82, 2.24) is 0 Å². The molecule has 1 amide bonds. The molecule has 2 aromatic rings. The minimum atomic E-state index is -0.276. The fraction of sp³-hybridized carbons (Fsp3) is 0.133. The smallest absolute Gasteiger partial charge is 0.235 e.